The van der Waals surface area contributed by atoms with E-state index in [1.54, 1.807) is 36.4 Å². The smallest absolute Gasteiger partial charge is 0.255 e. The lowest BCUT2D eigenvalue weighted by atomic mass is 10.0. The van der Waals surface area contributed by atoms with Crippen molar-refractivity contribution in [1.82, 2.24) is 4.72 Å². The zero-order chi connectivity index (χ0) is 21.7. The molecule has 0 saturated heterocycles. The maximum atomic E-state index is 12.5. The fraction of sp³-hybridized carbons (Fsp3) is 0.0417. The Balaban J connectivity index is 1.39. The SMILES string of the molecule is O=C(Nc1ccc(S(=O)(=O)NCc2ccco2)cc1)c1ccc(-c2ccccc2)cc1. The molecule has 4 aromatic rings. The fourth-order valence-corrected chi connectivity index (χ4v) is 4.02. The van der Waals surface area contributed by atoms with Crippen molar-refractivity contribution >= 4 is 21.6 Å². The molecule has 0 saturated carbocycles. The van der Waals surface area contributed by atoms with E-state index in [0.717, 1.165) is 11.1 Å². The van der Waals surface area contributed by atoms with Gasteiger partial charge in [0.05, 0.1) is 17.7 Å². The predicted octanol–water partition coefficient (Wildman–Crippen LogP) is 4.68. The van der Waals surface area contributed by atoms with Crippen molar-refractivity contribution < 1.29 is 17.6 Å². The van der Waals surface area contributed by atoms with E-state index in [2.05, 4.69) is 10.0 Å². The highest BCUT2D eigenvalue weighted by Gasteiger charge is 2.15. The Hall–Kier alpha value is -3.68. The summed E-state index contributed by atoms with van der Waals surface area (Å²) in [4.78, 5) is 12.6. The highest BCUT2D eigenvalue weighted by atomic mass is 32.2. The number of anilines is 1. The van der Waals surface area contributed by atoms with E-state index in [-0.39, 0.29) is 17.3 Å². The zero-order valence-electron chi connectivity index (χ0n) is 16.5. The normalized spacial score (nSPS) is 11.2. The quantitative estimate of drug-likeness (QED) is 0.444. The number of hydrogen-bond acceptors (Lipinski definition) is 4. The van der Waals surface area contributed by atoms with E-state index in [4.69, 9.17) is 4.42 Å². The minimum Gasteiger partial charge on any atom is -0.468 e. The van der Waals surface area contributed by atoms with Gasteiger partial charge in [-0.3, -0.25) is 4.79 Å². The third kappa shape index (κ3) is 5.09. The van der Waals surface area contributed by atoms with Crippen molar-refractivity contribution in [1.29, 1.82) is 0 Å². The summed E-state index contributed by atoms with van der Waals surface area (Å²) in [6.07, 6.45) is 1.48. The summed E-state index contributed by atoms with van der Waals surface area (Å²) in [6.45, 7) is 0.0623. The molecule has 4 rings (SSSR count). The van der Waals surface area contributed by atoms with Crippen LogP contribution in [0.5, 0.6) is 0 Å². The Kier molecular flexibility index (Phi) is 5.97. The van der Waals surface area contributed by atoms with Crippen LogP contribution in [-0.4, -0.2) is 14.3 Å². The average molecular weight is 433 g/mol. The molecule has 0 bridgehead atoms. The van der Waals surface area contributed by atoms with Crippen LogP contribution >= 0.6 is 0 Å². The molecule has 0 aliphatic carbocycles. The van der Waals surface area contributed by atoms with Crippen LogP contribution in [0.25, 0.3) is 11.1 Å². The summed E-state index contributed by atoms with van der Waals surface area (Å²) in [7, 11) is -3.69. The molecule has 1 heterocycles. The molecule has 3 aromatic carbocycles. The molecule has 1 amide bonds. The number of rotatable bonds is 7. The van der Waals surface area contributed by atoms with Gasteiger partial charge >= 0.3 is 0 Å². The second-order valence-corrected chi connectivity index (χ2v) is 8.59. The second kappa shape index (κ2) is 8.99. The van der Waals surface area contributed by atoms with Crippen molar-refractivity contribution in [2.75, 3.05) is 5.32 Å². The van der Waals surface area contributed by atoms with Gasteiger partial charge in [0.1, 0.15) is 5.76 Å². The highest BCUT2D eigenvalue weighted by molar-refractivity contribution is 7.89. The predicted molar refractivity (Wildman–Crippen MR) is 119 cm³/mol. The first kappa shape index (κ1) is 20.6. The van der Waals surface area contributed by atoms with Crippen LogP contribution in [0.15, 0.2) is 107 Å². The van der Waals surface area contributed by atoms with E-state index in [0.29, 0.717) is 17.0 Å². The van der Waals surface area contributed by atoms with E-state index < -0.39 is 10.0 Å². The van der Waals surface area contributed by atoms with Crippen LogP contribution in [-0.2, 0) is 16.6 Å². The minimum absolute atomic E-state index is 0.0623. The lowest BCUT2D eigenvalue weighted by molar-refractivity contribution is 0.102. The lowest BCUT2D eigenvalue weighted by Crippen LogP contribution is -2.23. The number of sulfonamides is 1. The first-order chi connectivity index (χ1) is 15.0. The largest absolute Gasteiger partial charge is 0.468 e. The molecule has 6 nitrogen and oxygen atoms in total. The molecule has 7 heteroatoms. The molecule has 156 valence electrons. The summed E-state index contributed by atoms with van der Waals surface area (Å²) >= 11 is 0. The lowest BCUT2D eigenvalue weighted by Gasteiger charge is -2.09. The molecule has 2 N–H and O–H groups in total. The standard InChI is InChI=1S/C24H20N2O4S/c27-24(20-10-8-19(9-11-20)18-5-2-1-3-6-18)26-21-12-14-23(15-13-21)31(28,29)25-17-22-7-4-16-30-22/h1-16,25H,17H2,(H,26,27). The summed E-state index contributed by atoms with van der Waals surface area (Å²) in [5.74, 6) is 0.247. The third-order valence-electron chi connectivity index (χ3n) is 4.69. The van der Waals surface area contributed by atoms with Crippen LogP contribution in [0.2, 0.25) is 0 Å². The van der Waals surface area contributed by atoms with Gasteiger partial charge in [-0.1, -0.05) is 42.5 Å². The molecule has 1 aromatic heterocycles. The fourth-order valence-electron chi connectivity index (χ4n) is 3.03. The van der Waals surface area contributed by atoms with Crippen molar-refractivity contribution in [3.8, 4) is 11.1 Å². The van der Waals surface area contributed by atoms with Crippen molar-refractivity contribution in [2.45, 2.75) is 11.4 Å². The summed E-state index contributed by atoms with van der Waals surface area (Å²) in [5, 5.41) is 2.78. The van der Waals surface area contributed by atoms with Crippen LogP contribution in [0.4, 0.5) is 5.69 Å². The Bertz CT molecular complexity index is 1250. The van der Waals surface area contributed by atoms with Crippen LogP contribution in [0.3, 0.4) is 0 Å². The molecule has 0 atom stereocenters. The van der Waals surface area contributed by atoms with Gasteiger partial charge in [-0.2, -0.15) is 0 Å². The van der Waals surface area contributed by atoms with Gasteiger partial charge in [0.25, 0.3) is 5.91 Å². The van der Waals surface area contributed by atoms with Crippen molar-refractivity contribution in [3.05, 3.63) is 109 Å². The average Bonchev–Trinajstić information content (AvgIpc) is 3.33. The molecule has 0 fully saturated rings. The molecule has 0 unspecified atom stereocenters. The van der Waals surface area contributed by atoms with E-state index in [1.807, 2.05) is 42.5 Å². The topological polar surface area (TPSA) is 88.4 Å². The number of furan rings is 1. The monoisotopic (exact) mass is 432 g/mol. The number of hydrogen-bond donors (Lipinski definition) is 2. The van der Waals surface area contributed by atoms with Gasteiger partial charge in [0.15, 0.2) is 0 Å². The van der Waals surface area contributed by atoms with Crippen LogP contribution < -0.4 is 10.0 Å². The third-order valence-corrected chi connectivity index (χ3v) is 6.11. The minimum atomic E-state index is -3.69. The van der Waals surface area contributed by atoms with Crippen molar-refractivity contribution in [2.24, 2.45) is 0 Å². The van der Waals surface area contributed by atoms with Gasteiger partial charge in [0.2, 0.25) is 10.0 Å². The molecule has 31 heavy (non-hydrogen) atoms. The van der Waals surface area contributed by atoms with Gasteiger partial charge in [-0.05, 0) is 59.7 Å². The summed E-state index contributed by atoms with van der Waals surface area (Å²) in [5.41, 5.74) is 3.11. The second-order valence-electron chi connectivity index (χ2n) is 6.83. The molecule has 0 spiro atoms. The molecule has 0 aliphatic heterocycles. The Morgan fingerprint density at radius 1 is 0.774 bits per heavy atom. The number of benzene rings is 3. The molecular weight excluding hydrogens is 412 g/mol. The van der Waals surface area contributed by atoms with Crippen LogP contribution in [0, 0.1) is 0 Å². The summed E-state index contributed by atoms with van der Waals surface area (Å²) < 4.78 is 32.4. The number of carbonyl (C=O) groups excluding carboxylic acids is 1. The number of nitrogens with one attached hydrogen (secondary N) is 2. The van der Waals surface area contributed by atoms with Crippen molar-refractivity contribution in [3.63, 3.8) is 0 Å². The summed E-state index contributed by atoms with van der Waals surface area (Å²) in [6, 6.07) is 26.6. The maximum absolute atomic E-state index is 12.5. The van der Waals surface area contributed by atoms with E-state index in [1.165, 1.54) is 18.4 Å². The van der Waals surface area contributed by atoms with E-state index >= 15 is 0 Å². The Morgan fingerprint density at radius 3 is 2.10 bits per heavy atom. The van der Waals surface area contributed by atoms with E-state index in [9.17, 15) is 13.2 Å². The highest BCUT2D eigenvalue weighted by Crippen LogP contribution is 2.20. The van der Waals surface area contributed by atoms with Crippen LogP contribution in [0.1, 0.15) is 16.1 Å². The first-order valence-corrected chi connectivity index (χ1v) is 11.1. The van der Waals surface area contributed by atoms with Gasteiger partial charge in [-0.15, -0.1) is 0 Å². The zero-order valence-corrected chi connectivity index (χ0v) is 17.3. The number of amides is 1. The first-order valence-electron chi connectivity index (χ1n) is 9.60. The number of carbonyl (C=O) groups is 1. The van der Waals surface area contributed by atoms with Gasteiger partial charge in [0, 0.05) is 11.3 Å². The van der Waals surface area contributed by atoms with Gasteiger partial charge < -0.3 is 9.73 Å². The molecule has 0 aliphatic rings. The molecule has 0 radical (unpaired) electrons. The molecular formula is C24H20N2O4S. The Morgan fingerprint density at radius 2 is 1.45 bits per heavy atom. The Labute approximate surface area is 180 Å². The maximum Gasteiger partial charge on any atom is 0.255 e. The van der Waals surface area contributed by atoms with Gasteiger partial charge in [-0.25, -0.2) is 13.1 Å².